The Bertz CT molecular complexity index is 997. The average Bonchev–Trinajstić information content (AvgIpc) is 3.16. The van der Waals surface area contributed by atoms with Crippen molar-refractivity contribution in [3.8, 4) is 0 Å². The predicted octanol–water partition coefficient (Wildman–Crippen LogP) is 3.49. The molecule has 9 heteroatoms. The summed E-state index contributed by atoms with van der Waals surface area (Å²) >= 11 is 0. The Balaban J connectivity index is 1.41. The van der Waals surface area contributed by atoms with E-state index in [-0.39, 0.29) is 6.04 Å². The largest absolute Gasteiger partial charge is 0.356 e. The summed E-state index contributed by atoms with van der Waals surface area (Å²) in [4.78, 5) is 19.1. The number of aryl methyl sites for hydroxylation is 1. The number of hydrogen-bond donors (Lipinski definition) is 1. The molecule has 1 fully saturated rings. The lowest BCUT2D eigenvalue weighted by atomic mass is 10.0. The topological polar surface area (TPSA) is 60.9 Å². The van der Waals surface area contributed by atoms with Gasteiger partial charge in [0.2, 0.25) is 0 Å². The van der Waals surface area contributed by atoms with Crippen LogP contribution in [0.1, 0.15) is 24.1 Å². The van der Waals surface area contributed by atoms with Crippen LogP contribution in [0.4, 0.5) is 19.0 Å². The SMILES string of the molecule is Cc1cnc(C(F)(F)CN2CCC(N(C)c3ncnc4[nH]ccc34)CC2)c(F)c1. The van der Waals surface area contributed by atoms with Crippen molar-refractivity contribution in [1.82, 2.24) is 24.8 Å². The molecular weight excluding hydrogens is 381 g/mol. The van der Waals surface area contributed by atoms with Crippen molar-refractivity contribution in [2.45, 2.75) is 31.7 Å². The minimum atomic E-state index is -3.33. The molecule has 0 atom stereocenters. The number of nitrogens with zero attached hydrogens (tertiary/aromatic N) is 5. The molecule has 1 saturated heterocycles. The molecular formula is C20H23F3N6. The summed E-state index contributed by atoms with van der Waals surface area (Å²) in [5.41, 5.74) is 0.511. The van der Waals surface area contributed by atoms with Crippen molar-refractivity contribution in [2.75, 3.05) is 31.6 Å². The lowest BCUT2D eigenvalue weighted by Gasteiger charge is -2.38. The quantitative estimate of drug-likeness (QED) is 0.705. The molecule has 0 aliphatic carbocycles. The van der Waals surface area contributed by atoms with Gasteiger partial charge in [-0.15, -0.1) is 0 Å². The molecule has 0 radical (unpaired) electrons. The Labute approximate surface area is 166 Å². The van der Waals surface area contributed by atoms with Gasteiger partial charge in [-0.3, -0.25) is 9.88 Å². The van der Waals surface area contributed by atoms with Crippen LogP contribution in [0.15, 0.2) is 30.9 Å². The van der Waals surface area contributed by atoms with E-state index >= 15 is 0 Å². The third-order valence-electron chi connectivity index (χ3n) is 5.52. The molecule has 0 saturated carbocycles. The zero-order valence-electron chi connectivity index (χ0n) is 16.4. The van der Waals surface area contributed by atoms with Crippen LogP contribution >= 0.6 is 0 Å². The summed E-state index contributed by atoms with van der Waals surface area (Å²) in [5.74, 6) is -3.46. The van der Waals surface area contributed by atoms with Crippen LogP contribution in [0.2, 0.25) is 0 Å². The first-order valence-corrected chi connectivity index (χ1v) is 9.59. The van der Waals surface area contributed by atoms with E-state index < -0.39 is 24.0 Å². The van der Waals surface area contributed by atoms with Gasteiger partial charge in [0.15, 0.2) is 5.82 Å². The number of likely N-dealkylation sites (tertiary alicyclic amines) is 1. The van der Waals surface area contributed by atoms with E-state index in [0.29, 0.717) is 31.5 Å². The minimum Gasteiger partial charge on any atom is -0.356 e. The molecule has 29 heavy (non-hydrogen) atoms. The monoisotopic (exact) mass is 404 g/mol. The van der Waals surface area contributed by atoms with E-state index in [1.54, 1.807) is 11.8 Å². The highest BCUT2D eigenvalue weighted by Gasteiger charge is 2.39. The Hall–Kier alpha value is -2.68. The minimum absolute atomic E-state index is 0.183. The first kappa shape index (κ1) is 19.6. The highest BCUT2D eigenvalue weighted by atomic mass is 19.3. The third kappa shape index (κ3) is 3.91. The fraction of sp³-hybridized carbons (Fsp3) is 0.450. The van der Waals surface area contributed by atoms with Gasteiger partial charge in [0, 0.05) is 38.6 Å². The highest BCUT2D eigenvalue weighted by molar-refractivity contribution is 5.87. The Morgan fingerprint density at radius 1 is 1.24 bits per heavy atom. The average molecular weight is 404 g/mol. The maximum atomic E-state index is 14.6. The molecule has 1 N–H and O–H groups in total. The second-order valence-electron chi connectivity index (χ2n) is 7.60. The molecule has 4 rings (SSSR count). The fourth-order valence-electron chi connectivity index (χ4n) is 3.94. The van der Waals surface area contributed by atoms with Crippen molar-refractivity contribution in [3.05, 3.63) is 47.9 Å². The number of alkyl halides is 2. The summed E-state index contributed by atoms with van der Waals surface area (Å²) in [5, 5.41) is 0.935. The molecule has 0 amide bonds. The zero-order chi connectivity index (χ0) is 20.6. The number of anilines is 1. The van der Waals surface area contributed by atoms with Gasteiger partial charge in [-0.05, 0) is 37.5 Å². The standard InChI is InChI=1S/C20H23F3N6/c1-13-9-16(21)17(25-10-13)20(22,23)11-29-7-4-14(5-8-29)28(2)19-15-3-6-24-18(15)26-12-27-19/h3,6,9-10,12,14H,4-5,7-8,11H2,1-2H3,(H,24,26,27). The number of pyridine rings is 1. The highest BCUT2D eigenvalue weighted by Crippen LogP contribution is 2.32. The zero-order valence-corrected chi connectivity index (χ0v) is 16.4. The van der Waals surface area contributed by atoms with Crippen LogP contribution in [0.25, 0.3) is 11.0 Å². The molecule has 0 unspecified atom stereocenters. The van der Waals surface area contributed by atoms with Gasteiger partial charge in [-0.2, -0.15) is 8.78 Å². The number of halogens is 3. The van der Waals surface area contributed by atoms with E-state index in [2.05, 4.69) is 24.8 Å². The normalized spacial score (nSPS) is 16.4. The van der Waals surface area contributed by atoms with Gasteiger partial charge in [-0.1, -0.05) is 0 Å². The molecule has 3 aromatic heterocycles. The molecule has 6 nitrogen and oxygen atoms in total. The molecule has 0 aromatic carbocycles. The summed E-state index contributed by atoms with van der Waals surface area (Å²) < 4.78 is 43.2. The first-order valence-electron chi connectivity index (χ1n) is 9.59. The number of H-pyrrole nitrogens is 1. The van der Waals surface area contributed by atoms with Crippen LogP contribution in [0.3, 0.4) is 0 Å². The van der Waals surface area contributed by atoms with Gasteiger partial charge in [0.1, 0.15) is 23.5 Å². The van der Waals surface area contributed by atoms with Gasteiger partial charge < -0.3 is 9.88 Å². The number of aromatic nitrogens is 4. The maximum Gasteiger partial charge on any atom is 0.304 e. The number of piperidine rings is 1. The van der Waals surface area contributed by atoms with Crippen molar-refractivity contribution in [3.63, 3.8) is 0 Å². The van der Waals surface area contributed by atoms with Crippen molar-refractivity contribution >= 4 is 16.9 Å². The molecule has 3 aromatic rings. The van der Waals surface area contributed by atoms with Crippen LogP contribution in [0.5, 0.6) is 0 Å². The Kier molecular flexibility index (Phi) is 5.16. The van der Waals surface area contributed by atoms with Gasteiger partial charge in [-0.25, -0.2) is 14.4 Å². The molecule has 0 spiro atoms. The number of nitrogens with one attached hydrogen (secondary N) is 1. The first-order chi connectivity index (χ1) is 13.8. The second kappa shape index (κ2) is 7.62. The van der Waals surface area contributed by atoms with E-state index in [9.17, 15) is 13.2 Å². The van der Waals surface area contributed by atoms with Crippen molar-refractivity contribution < 1.29 is 13.2 Å². The Morgan fingerprint density at radius 3 is 2.72 bits per heavy atom. The molecule has 1 aliphatic rings. The summed E-state index contributed by atoms with van der Waals surface area (Å²) in [6.45, 7) is 2.09. The van der Waals surface area contributed by atoms with E-state index in [1.807, 2.05) is 19.3 Å². The van der Waals surface area contributed by atoms with Gasteiger partial charge in [0.05, 0.1) is 11.9 Å². The lowest BCUT2D eigenvalue weighted by molar-refractivity contribution is -0.0490. The molecule has 0 bridgehead atoms. The number of hydrogen-bond acceptors (Lipinski definition) is 5. The van der Waals surface area contributed by atoms with E-state index in [4.69, 9.17) is 0 Å². The third-order valence-corrected chi connectivity index (χ3v) is 5.52. The molecule has 1 aliphatic heterocycles. The van der Waals surface area contributed by atoms with Crippen LogP contribution < -0.4 is 4.90 Å². The van der Waals surface area contributed by atoms with Crippen molar-refractivity contribution in [2.24, 2.45) is 0 Å². The van der Waals surface area contributed by atoms with E-state index in [0.717, 1.165) is 22.9 Å². The fourth-order valence-corrected chi connectivity index (χ4v) is 3.94. The number of rotatable bonds is 5. The summed E-state index contributed by atoms with van der Waals surface area (Å²) in [7, 11) is 1.97. The predicted molar refractivity (Wildman–Crippen MR) is 105 cm³/mol. The van der Waals surface area contributed by atoms with Gasteiger partial charge >= 0.3 is 5.92 Å². The van der Waals surface area contributed by atoms with Crippen molar-refractivity contribution in [1.29, 1.82) is 0 Å². The number of fused-ring (bicyclic) bond motifs is 1. The number of aromatic amines is 1. The lowest BCUT2D eigenvalue weighted by Crippen LogP contribution is -2.47. The Morgan fingerprint density at radius 2 is 2.00 bits per heavy atom. The maximum absolute atomic E-state index is 14.6. The van der Waals surface area contributed by atoms with E-state index in [1.165, 1.54) is 12.5 Å². The van der Waals surface area contributed by atoms with Gasteiger partial charge in [0.25, 0.3) is 0 Å². The van der Waals surface area contributed by atoms with Crippen LogP contribution in [-0.2, 0) is 5.92 Å². The van der Waals surface area contributed by atoms with Crippen LogP contribution in [0, 0.1) is 12.7 Å². The summed E-state index contributed by atoms with van der Waals surface area (Å²) in [6.07, 6.45) is 6.04. The summed E-state index contributed by atoms with van der Waals surface area (Å²) in [6, 6.07) is 3.21. The second-order valence-corrected chi connectivity index (χ2v) is 7.60. The smallest absolute Gasteiger partial charge is 0.304 e. The molecule has 154 valence electrons. The molecule has 4 heterocycles. The van der Waals surface area contributed by atoms with Crippen LogP contribution in [-0.4, -0.2) is 57.6 Å².